The van der Waals surface area contributed by atoms with Crippen LogP contribution in [0.4, 0.5) is 5.69 Å². The maximum Gasteiger partial charge on any atom is 0.231 e. The maximum atomic E-state index is 13.0. The molecule has 0 aromatic heterocycles. The van der Waals surface area contributed by atoms with Gasteiger partial charge in [0.15, 0.2) is 11.5 Å². The zero-order valence-electron chi connectivity index (χ0n) is 17.2. The van der Waals surface area contributed by atoms with Crippen LogP contribution in [0.2, 0.25) is 0 Å². The van der Waals surface area contributed by atoms with Crippen molar-refractivity contribution in [1.82, 2.24) is 9.80 Å². The van der Waals surface area contributed by atoms with Crippen LogP contribution >= 0.6 is 12.4 Å². The molecule has 0 radical (unpaired) electrons. The van der Waals surface area contributed by atoms with E-state index in [0.29, 0.717) is 26.1 Å². The molecule has 5 rings (SSSR count). The van der Waals surface area contributed by atoms with E-state index in [0.717, 1.165) is 36.8 Å². The smallest absolute Gasteiger partial charge is 0.231 e. The summed E-state index contributed by atoms with van der Waals surface area (Å²) in [5.74, 6) is 1.48. The molecule has 1 unspecified atom stereocenters. The van der Waals surface area contributed by atoms with E-state index in [-0.39, 0.29) is 36.9 Å². The SMILES string of the molecule is Cl.O=C(C1CC(=O)N(c2ccccc2)C1)N1CCN(Cc2ccc3c(c2)OCO3)CC1. The number of anilines is 1. The highest BCUT2D eigenvalue weighted by atomic mass is 35.5. The van der Waals surface area contributed by atoms with Crippen molar-refractivity contribution in [3.05, 3.63) is 54.1 Å². The number of amides is 2. The normalized spacial score (nSPS) is 20.6. The van der Waals surface area contributed by atoms with Crippen LogP contribution in [0.3, 0.4) is 0 Å². The van der Waals surface area contributed by atoms with Crippen molar-refractivity contribution in [3.8, 4) is 11.5 Å². The largest absolute Gasteiger partial charge is 0.454 e. The van der Waals surface area contributed by atoms with E-state index in [4.69, 9.17) is 9.47 Å². The molecule has 2 fully saturated rings. The number of benzene rings is 2. The summed E-state index contributed by atoms with van der Waals surface area (Å²) < 4.78 is 10.8. The molecule has 2 saturated heterocycles. The molecule has 2 aromatic rings. The number of para-hydroxylation sites is 1. The lowest BCUT2D eigenvalue weighted by molar-refractivity contribution is -0.137. The fourth-order valence-electron chi connectivity index (χ4n) is 4.41. The monoisotopic (exact) mass is 443 g/mol. The van der Waals surface area contributed by atoms with Gasteiger partial charge in [0.05, 0.1) is 5.92 Å². The lowest BCUT2D eigenvalue weighted by Crippen LogP contribution is -2.50. The van der Waals surface area contributed by atoms with Gasteiger partial charge in [-0.15, -0.1) is 12.4 Å². The summed E-state index contributed by atoms with van der Waals surface area (Å²) in [6.07, 6.45) is 0.297. The second kappa shape index (κ2) is 9.16. The Morgan fingerprint density at radius 1 is 0.968 bits per heavy atom. The Balaban J connectivity index is 0.00000231. The predicted octanol–water partition coefficient (Wildman–Crippen LogP) is 2.53. The van der Waals surface area contributed by atoms with E-state index in [1.54, 1.807) is 4.90 Å². The third-order valence-electron chi connectivity index (χ3n) is 6.07. The lowest BCUT2D eigenvalue weighted by Gasteiger charge is -2.36. The minimum Gasteiger partial charge on any atom is -0.454 e. The topological polar surface area (TPSA) is 62.3 Å². The van der Waals surface area contributed by atoms with Crippen LogP contribution in [-0.4, -0.2) is 61.1 Å². The zero-order chi connectivity index (χ0) is 20.5. The van der Waals surface area contributed by atoms with Gasteiger partial charge in [-0.25, -0.2) is 0 Å². The van der Waals surface area contributed by atoms with Crippen molar-refractivity contribution >= 4 is 29.9 Å². The first-order valence-electron chi connectivity index (χ1n) is 10.4. The van der Waals surface area contributed by atoms with Crippen molar-refractivity contribution in [3.63, 3.8) is 0 Å². The molecule has 7 nitrogen and oxygen atoms in total. The Hall–Kier alpha value is -2.77. The second-order valence-electron chi connectivity index (χ2n) is 8.03. The van der Waals surface area contributed by atoms with Gasteiger partial charge in [-0.3, -0.25) is 14.5 Å². The maximum absolute atomic E-state index is 13.0. The number of rotatable bonds is 4. The fraction of sp³-hybridized carbons (Fsp3) is 0.391. The van der Waals surface area contributed by atoms with Crippen molar-refractivity contribution in [1.29, 1.82) is 0 Å². The molecule has 164 valence electrons. The summed E-state index contributed by atoms with van der Waals surface area (Å²) in [5.41, 5.74) is 2.05. The first kappa shape index (κ1) is 21.5. The van der Waals surface area contributed by atoms with Crippen molar-refractivity contribution in [2.45, 2.75) is 13.0 Å². The molecule has 0 saturated carbocycles. The summed E-state index contributed by atoms with van der Waals surface area (Å²) in [6, 6.07) is 15.6. The molecule has 0 bridgehead atoms. The van der Waals surface area contributed by atoms with Gasteiger partial charge in [-0.2, -0.15) is 0 Å². The number of carbonyl (C=O) groups is 2. The van der Waals surface area contributed by atoms with Gasteiger partial charge >= 0.3 is 0 Å². The molecule has 0 N–H and O–H groups in total. The van der Waals surface area contributed by atoms with E-state index in [9.17, 15) is 9.59 Å². The highest BCUT2D eigenvalue weighted by Crippen LogP contribution is 2.33. The molecule has 8 heteroatoms. The van der Waals surface area contributed by atoms with Crippen LogP contribution in [0.15, 0.2) is 48.5 Å². The molecule has 0 aliphatic carbocycles. The molecule has 3 aliphatic rings. The van der Waals surface area contributed by atoms with Gasteiger partial charge < -0.3 is 19.3 Å². The number of halogens is 1. The van der Waals surface area contributed by atoms with Crippen LogP contribution in [0, 0.1) is 5.92 Å². The molecular weight excluding hydrogens is 418 g/mol. The standard InChI is InChI=1S/C23H25N3O4.ClH/c27-22-13-18(15-26(22)19-4-2-1-3-5-19)23(28)25-10-8-24(9-11-25)14-17-6-7-20-21(12-17)30-16-29-20;/h1-7,12,18H,8-11,13-16H2;1H. The highest BCUT2D eigenvalue weighted by Gasteiger charge is 2.37. The number of ether oxygens (including phenoxy) is 2. The average molecular weight is 444 g/mol. The first-order chi connectivity index (χ1) is 14.7. The Kier molecular flexibility index (Phi) is 6.34. The van der Waals surface area contributed by atoms with E-state index in [1.165, 1.54) is 5.56 Å². The van der Waals surface area contributed by atoms with Crippen molar-refractivity contribution in [2.24, 2.45) is 5.92 Å². The van der Waals surface area contributed by atoms with E-state index in [1.807, 2.05) is 47.4 Å². The average Bonchev–Trinajstić information content (AvgIpc) is 3.40. The molecule has 31 heavy (non-hydrogen) atoms. The van der Waals surface area contributed by atoms with Crippen LogP contribution in [0.1, 0.15) is 12.0 Å². The Bertz CT molecular complexity index is 947. The third-order valence-corrected chi connectivity index (χ3v) is 6.07. The molecular formula is C23H26ClN3O4. The second-order valence-corrected chi connectivity index (χ2v) is 8.03. The molecule has 2 aromatic carbocycles. The number of hydrogen-bond acceptors (Lipinski definition) is 5. The van der Waals surface area contributed by atoms with Gasteiger partial charge in [0.1, 0.15) is 0 Å². The molecule has 3 aliphatic heterocycles. The van der Waals surface area contributed by atoms with E-state index >= 15 is 0 Å². The number of hydrogen-bond donors (Lipinski definition) is 0. The predicted molar refractivity (Wildman–Crippen MR) is 119 cm³/mol. The van der Waals surface area contributed by atoms with Gasteiger partial charge in [-0.1, -0.05) is 24.3 Å². The lowest BCUT2D eigenvalue weighted by atomic mass is 10.1. The fourth-order valence-corrected chi connectivity index (χ4v) is 4.41. The number of fused-ring (bicyclic) bond motifs is 1. The Labute approximate surface area is 187 Å². The van der Waals surface area contributed by atoms with Crippen LogP contribution < -0.4 is 14.4 Å². The van der Waals surface area contributed by atoms with Gasteiger partial charge in [-0.05, 0) is 29.8 Å². The molecule has 0 spiro atoms. The quantitative estimate of drug-likeness (QED) is 0.726. The number of carbonyl (C=O) groups excluding carboxylic acids is 2. The first-order valence-corrected chi connectivity index (χ1v) is 10.4. The van der Waals surface area contributed by atoms with E-state index in [2.05, 4.69) is 11.0 Å². The Morgan fingerprint density at radius 2 is 1.71 bits per heavy atom. The van der Waals surface area contributed by atoms with Gasteiger partial charge in [0.25, 0.3) is 0 Å². The number of nitrogens with zero attached hydrogens (tertiary/aromatic N) is 3. The van der Waals surface area contributed by atoms with Crippen molar-refractivity contribution < 1.29 is 19.1 Å². The zero-order valence-corrected chi connectivity index (χ0v) is 18.1. The van der Waals surface area contributed by atoms with Gasteiger partial charge in [0.2, 0.25) is 18.6 Å². The minimum atomic E-state index is -0.252. The molecule has 1 atom stereocenters. The number of piperazine rings is 1. The highest BCUT2D eigenvalue weighted by molar-refractivity contribution is 6.00. The Morgan fingerprint density at radius 3 is 2.48 bits per heavy atom. The summed E-state index contributed by atoms with van der Waals surface area (Å²) in [5, 5.41) is 0. The van der Waals surface area contributed by atoms with Crippen LogP contribution in [0.5, 0.6) is 11.5 Å². The van der Waals surface area contributed by atoms with Crippen LogP contribution in [-0.2, 0) is 16.1 Å². The summed E-state index contributed by atoms with van der Waals surface area (Å²) in [6.45, 7) is 4.61. The molecule has 2 amide bonds. The summed E-state index contributed by atoms with van der Waals surface area (Å²) in [7, 11) is 0. The van der Waals surface area contributed by atoms with Crippen LogP contribution in [0.25, 0.3) is 0 Å². The summed E-state index contributed by atoms with van der Waals surface area (Å²) in [4.78, 5) is 31.4. The molecule has 3 heterocycles. The van der Waals surface area contributed by atoms with E-state index < -0.39 is 0 Å². The minimum absolute atomic E-state index is 0. The summed E-state index contributed by atoms with van der Waals surface area (Å²) >= 11 is 0. The third kappa shape index (κ3) is 4.48. The van der Waals surface area contributed by atoms with Gasteiger partial charge in [0, 0.05) is 51.4 Å². The van der Waals surface area contributed by atoms with Crippen molar-refractivity contribution in [2.75, 3.05) is 44.4 Å².